The Balaban J connectivity index is 2.43. The Morgan fingerprint density at radius 3 is 2.14 bits per heavy atom. The van der Waals surface area contributed by atoms with Crippen molar-refractivity contribution >= 4 is 26.0 Å². The summed E-state index contributed by atoms with van der Waals surface area (Å²) in [5.41, 5.74) is 0. The van der Waals surface area contributed by atoms with E-state index in [2.05, 4.69) is 20.8 Å². The molecule has 0 unspecified atom stereocenters. The van der Waals surface area contributed by atoms with Crippen molar-refractivity contribution in [2.75, 3.05) is 47.4 Å². The van der Waals surface area contributed by atoms with Gasteiger partial charge in [-0.1, -0.05) is 0 Å². The van der Waals surface area contributed by atoms with Gasteiger partial charge in [0.2, 0.25) is 10.0 Å². The molecule has 1 fully saturated rings. The van der Waals surface area contributed by atoms with E-state index in [1.165, 1.54) is 24.6 Å². The minimum atomic E-state index is -3.60. The van der Waals surface area contributed by atoms with Crippen molar-refractivity contribution in [1.29, 1.82) is 0 Å². The van der Waals surface area contributed by atoms with E-state index >= 15 is 0 Å². The third-order valence-corrected chi connectivity index (χ3v) is 6.06. The maximum absolute atomic E-state index is 12.8. The lowest BCUT2D eigenvalue weighted by molar-refractivity contribution is 0.222. The molecular weight excluding hydrogens is 360 g/mol. The molecule has 0 radical (unpaired) electrons. The van der Waals surface area contributed by atoms with Gasteiger partial charge in [0.15, 0.2) is 0 Å². The van der Waals surface area contributed by atoms with Gasteiger partial charge in [0.1, 0.15) is 16.4 Å². The smallest absolute Gasteiger partial charge is 0.246 e. The Kier molecular flexibility index (Phi) is 5.13. The molecule has 1 aromatic rings. The van der Waals surface area contributed by atoms with E-state index in [0.29, 0.717) is 29.1 Å². The number of hydrogen-bond acceptors (Lipinski definition) is 5. The fraction of sp³-hybridized carbons (Fsp3) is 0.538. The molecule has 1 aromatic carbocycles. The minimum absolute atomic E-state index is 0.134. The van der Waals surface area contributed by atoms with Crippen LogP contribution in [0, 0.1) is 0 Å². The molecule has 1 aliphatic heterocycles. The standard InChI is InChI=1S/C13H19BrN2O4S/c1-15-4-6-16(7-5-15)21(17,18)13-9-11(19-2)10(14)8-12(13)20-3/h8-9H,4-7H2,1-3H3. The van der Waals surface area contributed by atoms with E-state index in [0.717, 1.165) is 13.1 Å². The molecule has 0 aliphatic carbocycles. The lowest BCUT2D eigenvalue weighted by Crippen LogP contribution is -2.47. The molecule has 21 heavy (non-hydrogen) atoms. The Labute approximate surface area is 133 Å². The average Bonchev–Trinajstić information content (AvgIpc) is 2.47. The van der Waals surface area contributed by atoms with Gasteiger partial charge in [0, 0.05) is 32.2 Å². The minimum Gasteiger partial charge on any atom is -0.496 e. The van der Waals surface area contributed by atoms with Crippen LogP contribution in [0.1, 0.15) is 0 Å². The van der Waals surface area contributed by atoms with Gasteiger partial charge in [-0.2, -0.15) is 4.31 Å². The van der Waals surface area contributed by atoms with Gasteiger partial charge in [-0.25, -0.2) is 8.42 Å². The first kappa shape index (κ1) is 16.5. The quantitative estimate of drug-likeness (QED) is 0.792. The molecule has 0 aromatic heterocycles. The van der Waals surface area contributed by atoms with Gasteiger partial charge < -0.3 is 14.4 Å². The summed E-state index contributed by atoms with van der Waals surface area (Å²) in [6, 6.07) is 3.11. The molecule has 0 atom stereocenters. The van der Waals surface area contributed by atoms with Crippen molar-refractivity contribution in [2.24, 2.45) is 0 Å². The second kappa shape index (κ2) is 6.51. The van der Waals surface area contributed by atoms with Crippen LogP contribution < -0.4 is 9.47 Å². The van der Waals surface area contributed by atoms with Crippen molar-refractivity contribution in [3.8, 4) is 11.5 Å². The van der Waals surface area contributed by atoms with Crippen LogP contribution in [0.15, 0.2) is 21.5 Å². The number of nitrogens with zero attached hydrogens (tertiary/aromatic N) is 2. The number of benzene rings is 1. The number of hydrogen-bond donors (Lipinski definition) is 0. The van der Waals surface area contributed by atoms with Crippen LogP contribution >= 0.6 is 15.9 Å². The van der Waals surface area contributed by atoms with E-state index in [-0.39, 0.29) is 4.90 Å². The number of sulfonamides is 1. The van der Waals surface area contributed by atoms with Gasteiger partial charge in [0.05, 0.1) is 18.7 Å². The average molecular weight is 379 g/mol. The molecule has 2 rings (SSSR count). The molecule has 6 nitrogen and oxygen atoms in total. The summed E-state index contributed by atoms with van der Waals surface area (Å²) in [5.74, 6) is 0.769. The van der Waals surface area contributed by atoms with Gasteiger partial charge in [-0.05, 0) is 29.0 Å². The normalized spacial score (nSPS) is 17.7. The Morgan fingerprint density at radius 1 is 1.05 bits per heavy atom. The van der Waals surface area contributed by atoms with Crippen LogP contribution in [0.25, 0.3) is 0 Å². The van der Waals surface area contributed by atoms with E-state index in [1.807, 2.05) is 7.05 Å². The molecule has 0 amide bonds. The fourth-order valence-corrected chi connectivity index (χ4v) is 4.26. The number of halogens is 1. The summed E-state index contributed by atoms with van der Waals surface area (Å²) >= 11 is 3.33. The van der Waals surface area contributed by atoms with Crippen molar-refractivity contribution in [3.05, 3.63) is 16.6 Å². The van der Waals surface area contributed by atoms with E-state index < -0.39 is 10.0 Å². The zero-order valence-electron chi connectivity index (χ0n) is 12.3. The highest BCUT2D eigenvalue weighted by Crippen LogP contribution is 2.36. The first-order chi connectivity index (χ1) is 9.90. The topological polar surface area (TPSA) is 59.1 Å². The SMILES string of the molecule is COc1cc(S(=O)(=O)N2CCN(C)CC2)c(OC)cc1Br. The van der Waals surface area contributed by atoms with Crippen LogP contribution in [0.3, 0.4) is 0 Å². The highest BCUT2D eigenvalue weighted by atomic mass is 79.9. The zero-order chi connectivity index (χ0) is 15.6. The molecule has 1 saturated heterocycles. The number of piperazine rings is 1. The second-order valence-corrected chi connectivity index (χ2v) is 7.61. The first-order valence-corrected chi connectivity index (χ1v) is 8.73. The van der Waals surface area contributed by atoms with Crippen LogP contribution in [0.5, 0.6) is 11.5 Å². The summed E-state index contributed by atoms with van der Waals surface area (Å²) in [7, 11) is 1.34. The van der Waals surface area contributed by atoms with Crippen molar-refractivity contribution in [1.82, 2.24) is 9.21 Å². The predicted octanol–water partition coefficient (Wildman–Crippen LogP) is 1.40. The first-order valence-electron chi connectivity index (χ1n) is 6.50. The van der Waals surface area contributed by atoms with Crippen molar-refractivity contribution in [2.45, 2.75) is 4.90 Å². The molecule has 0 saturated carbocycles. The fourth-order valence-electron chi connectivity index (χ4n) is 2.20. The van der Waals surface area contributed by atoms with Crippen molar-refractivity contribution < 1.29 is 17.9 Å². The number of rotatable bonds is 4. The molecular formula is C13H19BrN2O4S. The molecule has 0 bridgehead atoms. The zero-order valence-corrected chi connectivity index (χ0v) is 14.7. The van der Waals surface area contributed by atoms with E-state index in [9.17, 15) is 8.42 Å². The molecule has 0 spiro atoms. The molecule has 0 N–H and O–H groups in total. The van der Waals surface area contributed by atoms with Crippen LogP contribution in [-0.4, -0.2) is 65.1 Å². The molecule has 1 heterocycles. The van der Waals surface area contributed by atoms with Crippen LogP contribution in [-0.2, 0) is 10.0 Å². The number of methoxy groups -OCH3 is 2. The van der Waals surface area contributed by atoms with Crippen molar-refractivity contribution in [3.63, 3.8) is 0 Å². The van der Waals surface area contributed by atoms with Gasteiger partial charge in [-0.3, -0.25) is 0 Å². The predicted molar refractivity (Wildman–Crippen MR) is 83.5 cm³/mol. The lowest BCUT2D eigenvalue weighted by Gasteiger charge is -2.31. The summed E-state index contributed by atoms with van der Waals surface area (Å²) in [4.78, 5) is 2.24. The highest BCUT2D eigenvalue weighted by Gasteiger charge is 2.31. The number of likely N-dealkylation sites (N-methyl/N-ethyl adjacent to an activating group) is 1. The monoisotopic (exact) mass is 378 g/mol. The third-order valence-electron chi connectivity index (χ3n) is 3.52. The summed E-state index contributed by atoms with van der Waals surface area (Å²) in [6.45, 7) is 2.38. The maximum atomic E-state index is 12.8. The Morgan fingerprint density at radius 2 is 1.62 bits per heavy atom. The van der Waals surface area contributed by atoms with E-state index in [1.54, 1.807) is 6.07 Å². The third kappa shape index (κ3) is 3.33. The van der Waals surface area contributed by atoms with Crippen LogP contribution in [0.4, 0.5) is 0 Å². The Hall–Kier alpha value is -0.830. The largest absolute Gasteiger partial charge is 0.496 e. The van der Waals surface area contributed by atoms with Gasteiger partial charge in [-0.15, -0.1) is 0 Å². The lowest BCUT2D eigenvalue weighted by atomic mass is 10.3. The number of ether oxygens (including phenoxy) is 2. The second-order valence-electron chi connectivity index (χ2n) is 4.84. The summed E-state index contributed by atoms with van der Waals surface area (Å²) < 4.78 is 38.2. The van der Waals surface area contributed by atoms with E-state index in [4.69, 9.17) is 9.47 Å². The van der Waals surface area contributed by atoms with Gasteiger partial charge >= 0.3 is 0 Å². The maximum Gasteiger partial charge on any atom is 0.246 e. The summed E-state index contributed by atoms with van der Waals surface area (Å²) in [6.07, 6.45) is 0. The molecule has 1 aliphatic rings. The van der Waals surface area contributed by atoms with Crippen LogP contribution in [0.2, 0.25) is 0 Å². The Bertz CT molecular complexity index is 613. The molecule has 118 valence electrons. The summed E-state index contributed by atoms with van der Waals surface area (Å²) in [5, 5.41) is 0. The van der Waals surface area contributed by atoms with Gasteiger partial charge in [0.25, 0.3) is 0 Å². The molecule has 8 heteroatoms. The highest BCUT2D eigenvalue weighted by molar-refractivity contribution is 9.10.